The van der Waals surface area contributed by atoms with Crippen LogP contribution in [0.15, 0.2) is 47.3 Å². The SMILES string of the molecule is COC(=O)[C@H]1Cc2c([nH]c3ccccc23)[C@H](c2ccoc2)N1. The Bertz CT molecular complexity index is 820. The van der Waals surface area contributed by atoms with Crippen LogP contribution in [-0.2, 0) is 16.0 Å². The summed E-state index contributed by atoms with van der Waals surface area (Å²) in [5.74, 6) is -0.246. The Morgan fingerprint density at radius 1 is 1.32 bits per heavy atom. The molecule has 0 bridgehead atoms. The maximum Gasteiger partial charge on any atom is 0.323 e. The minimum absolute atomic E-state index is 0.112. The van der Waals surface area contributed by atoms with Crippen LogP contribution >= 0.6 is 0 Å². The Hall–Kier alpha value is -2.53. The third-order valence-corrected chi connectivity index (χ3v) is 4.27. The fourth-order valence-corrected chi connectivity index (χ4v) is 3.23. The average molecular weight is 296 g/mol. The van der Waals surface area contributed by atoms with Gasteiger partial charge in [0.05, 0.1) is 25.7 Å². The molecule has 1 aliphatic heterocycles. The lowest BCUT2D eigenvalue weighted by Crippen LogP contribution is -2.45. The van der Waals surface area contributed by atoms with Crippen LogP contribution in [0, 0.1) is 0 Å². The van der Waals surface area contributed by atoms with Gasteiger partial charge in [-0.05, 0) is 17.7 Å². The van der Waals surface area contributed by atoms with Gasteiger partial charge in [0.1, 0.15) is 6.04 Å². The van der Waals surface area contributed by atoms with Gasteiger partial charge in [-0.15, -0.1) is 0 Å². The van der Waals surface area contributed by atoms with Gasteiger partial charge >= 0.3 is 5.97 Å². The van der Waals surface area contributed by atoms with E-state index in [1.165, 1.54) is 7.11 Å². The van der Waals surface area contributed by atoms with Crippen molar-refractivity contribution >= 4 is 16.9 Å². The summed E-state index contributed by atoms with van der Waals surface area (Å²) in [6, 6.07) is 9.58. The Kier molecular flexibility index (Phi) is 3.01. The molecular weight excluding hydrogens is 280 g/mol. The van der Waals surface area contributed by atoms with Gasteiger partial charge in [-0.3, -0.25) is 10.1 Å². The minimum Gasteiger partial charge on any atom is -0.472 e. The number of benzene rings is 1. The highest BCUT2D eigenvalue weighted by molar-refractivity contribution is 5.87. The van der Waals surface area contributed by atoms with Gasteiger partial charge in [0.15, 0.2) is 0 Å². The van der Waals surface area contributed by atoms with E-state index in [2.05, 4.69) is 16.4 Å². The molecule has 0 aliphatic carbocycles. The number of nitrogens with one attached hydrogen (secondary N) is 2. The second-order valence-electron chi connectivity index (χ2n) is 5.50. The van der Waals surface area contributed by atoms with Crippen molar-refractivity contribution in [1.29, 1.82) is 0 Å². The molecule has 3 aromatic rings. The molecule has 0 amide bonds. The molecule has 4 rings (SSSR count). The molecule has 0 unspecified atom stereocenters. The first-order valence-electron chi connectivity index (χ1n) is 7.23. The molecule has 3 heterocycles. The topological polar surface area (TPSA) is 67.3 Å². The number of ether oxygens (including phenoxy) is 1. The van der Waals surface area contributed by atoms with Gasteiger partial charge in [0, 0.05) is 28.6 Å². The third kappa shape index (κ3) is 1.94. The molecule has 2 atom stereocenters. The second-order valence-corrected chi connectivity index (χ2v) is 5.50. The van der Waals surface area contributed by atoms with E-state index in [0.29, 0.717) is 6.42 Å². The smallest absolute Gasteiger partial charge is 0.323 e. The maximum atomic E-state index is 12.0. The molecule has 1 aliphatic rings. The van der Waals surface area contributed by atoms with E-state index in [-0.39, 0.29) is 18.1 Å². The molecule has 2 N–H and O–H groups in total. The molecule has 0 spiro atoms. The summed E-state index contributed by atoms with van der Waals surface area (Å²) in [6.07, 6.45) is 3.95. The number of para-hydroxylation sites is 1. The van der Waals surface area contributed by atoms with Crippen LogP contribution in [0.1, 0.15) is 22.9 Å². The standard InChI is InChI=1S/C17H16N2O3/c1-21-17(20)14-8-12-11-4-2-3-5-13(11)18-16(12)15(19-14)10-6-7-22-9-10/h2-7,9,14-15,18-19H,8H2,1H3/t14-,15+/m1/s1. The number of aromatic nitrogens is 1. The summed E-state index contributed by atoms with van der Waals surface area (Å²) in [6.45, 7) is 0. The first-order chi connectivity index (χ1) is 10.8. The maximum absolute atomic E-state index is 12.0. The number of rotatable bonds is 2. The van der Waals surface area contributed by atoms with Crippen molar-refractivity contribution in [1.82, 2.24) is 10.3 Å². The predicted octanol–water partition coefficient (Wildman–Crippen LogP) is 2.54. The van der Waals surface area contributed by atoms with Gasteiger partial charge in [0.25, 0.3) is 0 Å². The summed E-state index contributed by atoms with van der Waals surface area (Å²) in [5.41, 5.74) is 4.31. The van der Waals surface area contributed by atoms with Gasteiger partial charge in [0.2, 0.25) is 0 Å². The van der Waals surface area contributed by atoms with Crippen molar-refractivity contribution < 1.29 is 13.9 Å². The van der Waals surface area contributed by atoms with E-state index in [9.17, 15) is 4.79 Å². The van der Waals surface area contributed by atoms with Crippen LogP contribution in [0.3, 0.4) is 0 Å². The van der Waals surface area contributed by atoms with Crippen molar-refractivity contribution in [2.45, 2.75) is 18.5 Å². The van der Waals surface area contributed by atoms with Crippen LogP contribution in [0.25, 0.3) is 10.9 Å². The number of fused-ring (bicyclic) bond motifs is 3. The van der Waals surface area contributed by atoms with Crippen molar-refractivity contribution in [3.8, 4) is 0 Å². The highest BCUT2D eigenvalue weighted by Crippen LogP contribution is 2.35. The summed E-state index contributed by atoms with van der Waals surface area (Å²) >= 11 is 0. The van der Waals surface area contributed by atoms with Crippen LogP contribution < -0.4 is 5.32 Å². The molecule has 0 radical (unpaired) electrons. The number of methoxy groups -OCH3 is 1. The van der Waals surface area contributed by atoms with E-state index in [4.69, 9.17) is 9.15 Å². The number of hydrogen-bond acceptors (Lipinski definition) is 4. The summed E-state index contributed by atoms with van der Waals surface area (Å²) in [5, 5.41) is 4.51. The van der Waals surface area contributed by atoms with Crippen LogP contribution in [0.5, 0.6) is 0 Å². The largest absolute Gasteiger partial charge is 0.472 e. The molecular formula is C17H16N2O3. The normalized spacial score (nSPS) is 20.8. The molecule has 1 aromatic carbocycles. The van der Waals surface area contributed by atoms with E-state index in [0.717, 1.165) is 27.7 Å². The summed E-state index contributed by atoms with van der Waals surface area (Å²) in [4.78, 5) is 15.5. The third-order valence-electron chi connectivity index (χ3n) is 4.27. The fourth-order valence-electron chi connectivity index (χ4n) is 3.23. The highest BCUT2D eigenvalue weighted by Gasteiger charge is 2.34. The summed E-state index contributed by atoms with van der Waals surface area (Å²) in [7, 11) is 1.42. The monoisotopic (exact) mass is 296 g/mol. The molecule has 22 heavy (non-hydrogen) atoms. The number of carbonyl (C=O) groups excluding carboxylic acids is 1. The number of hydrogen-bond donors (Lipinski definition) is 2. The van der Waals surface area contributed by atoms with Gasteiger partial charge in [-0.2, -0.15) is 0 Å². The van der Waals surface area contributed by atoms with Crippen molar-refractivity contribution in [2.75, 3.05) is 7.11 Å². The molecule has 0 fully saturated rings. The zero-order valence-electron chi connectivity index (χ0n) is 12.1. The number of esters is 1. The minimum atomic E-state index is -0.364. The molecule has 0 saturated heterocycles. The number of carbonyl (C=O) groups is 1. The lowest BCUT2D eigenvalue weighted by Gasteiger charge is -2.29. The number of H-pyrrole nitrogens is 1. The lowest BCUT2D eigenvalue weighted by molar-refractivity contribution is -0.143. The van der Waals surface area contributed by atoms with Crippen LogP contribution in [-0.4, -0.2) is 24.1 Å². The fraction of sp³-hybridized carbons (Fsp3) is 0.235. The zero-order chi connectivity index (χ0) is 15.1. The van der Waals surface area contributed by atoms with Crippen molar-refractivity contribution in [3.05, 3.63) is 59.7 Å². The van der Waals surface area contributed by atoms with Crippen molar-refractivity contribution in [3.63, 3.8) is 0 Å². The highest BCUT2D eigenvalue weighted by atomic mass is 16.5. The van der Waals surface area contributed by atoms with Gasteiger partial charge < -0.3 is 14.1 Å². The number of aromatic amines is 1. The predicted molar refractivity (Wildman–Crippen MR) is 81.5 cm³/mol. The summed E-state index contributed by atoms with van der Waals surface area (Å²) < 4.78 is 10.1. The number of furan rings is 1. The lowest BCUT2D eigenvalue weighted by atomic mass is 9.91. The van der Waals surface area contributed by atoms with Gasteiger partial charge in [-0.1, -0.05) is 18.2 Å². The van der Waals surface area contributed by atoms with Crippen molar-refractivity contribution in [2.24, 2.45) is 0 Å². The van der Waals surface area contributed by atoms with Gasteiger partial charge in [-0.25, -0.2) is 0 Å². The Morgan fingerprint density at radius 2 is 2.18 bits per heavy atom. The first kappa shape index (κ1) is 13.2. The molecule has 112 valence electrons. The van der Waals surface area contributed by atoms with E-state index >= 15 is 0 Å². The van der Waals surface area contributed by atoms with E-state index in [1.807, 2.05) is 24.3 Å². The van der Waals surface area contributed by atoms with Crippen LogP contribution in [0.4, 0.5) is 0 Å². The Balaban J connectivity index is 1.88. The quantitative estimate of drug-likeness (QED) is 0.713. The molecule has 0 saturated carbocycles. The first-order valence-corrected chi connectivity index (χ1v) is 7.23. The Morgan fingerprint density at radius 3 is 2.95 bits per heavy atom. The molecule has 5 nitrogen and oxygen atoms in total. The molecule has 2 aromatic heterocycles. The average Bonchev–Trinajstić information content (AvgIpc) is 3.20. The Labute approximate surface area is 127 Å². The van der Waals surface area contributed by atoms with Crippen LogP contribution in [0.2, 0.25) is 0 Å². The zero-order valence-corrected chi connectivity index (χ0v) is 12.1. The molecule has 5 heteroatoms. The van der Waals surface area contributed by atoms with E-state index < -0.39 is 0 Å². The second kappa shape index (κ2) is 5.03. The van der Waals surface area contributed by atoms with E-state index in [1.54, 1.807) is 12.5 Å².